The number of aromatic nitrogens is 2. The van der Waals surface area contributed by atoms with Crippen molar-refractivity contribution in [2.45, 2.75) is 33.1 Å². The molecule has 1 saturated heterocycles. The first kappa shape index (κ1) is 10.3. The van der Waals surface area contributed by atoms with E-state index in [9.17, 15) is 0 Å². The molecule has 2 rings (SSSR count). The van der Waals surface area contributed by atoms with Crippen molar-refractivity contribution in [2.75, 3.05) is 23.7 Å². The van der Waals surface area contributed by atoms with Gasteiger partial charge in [-0.2, -0.15) is 0 Å². The van der Waals surface area contributed by atoms with Crippen LogP contribution < -0.4 is 10.6 Å². The number of nitrogen functional groups attached to an aromatic ring is 1. The van der Waals surface area contributed by atoms with Crippen LogP contribution in [0.2, 0.25) is 0 Å². The molecular weight excluding hydrogens is 192 g/mol. The number of hydrogen-bond donors (Lipinski definition) is 1. The van der Waals surface area contributed by atoms with Gasteiger partial charge >= 0.3 is 12.0 Å². The van der Waals surface area contributed by atoms with Gasteiger partial charge in [-0.3, -0.25) is 0 Å². The van der Waals surface area contributed by atoms with Crippen LogP contribution >= 0.6 is 0 Å². The van der Waals surface area contributed by atoms with Gasteiger partial charge in [-0.25, -0.2) is 0 Å². The molecule has 84 valence electrons. The summed E-state index contributed by atoms with van der Waals surface area (Å²) in [7, 11) is 0. The van der Waals surface area contributed by atoms with E-state index in [0.29, 0.717) is 11.4 Å². The van der Waals surface area contributed by atoms with Crippen LogP contribution in [-0.2, 0) is 0 Å². The number of piperidine rings is 1. The van der Waals surface area contributed by atoms with Crippen molar-refractivity contribution < 1.29 is 4.42 Å². The maximum absolute atomic E-state index is 5.40. The van der Waals surface area contributed by atoms with Crippen LogP contribution in [-0.4, -0.2) is 23.3 Å². The van der Waals surface area contributed by atoms with Crippen molar-refractivity contribution in [3.05, 3.63) is 0 Å². The predicted octanol–water partition coefficient (Wildman–Crippen LogP) is 1.67. The summed E-state index contributed by atoms with van der Waals surface area (Å²) in [5, 5.41) is 7.57. The third-order valence-corrected chi connectivity index (χ3v) is 3.52. The summed E-state index contributed by atoms with van der Waals surface area (Å²) in [6, 6.07) is 0.708. The maximum atomic E-state index is 5.40. The van der Waals surface area contributed by atoms with Crippen molar-refractivity contribution in [1.82, 2.24) is 10.2 Å². The lowest BCUT2D eigenvalue weighted by atomic mass is 9.78. The highest BCUT2D eigenvalue weighted by atomic mass is 16.4. The van der Waals surface area contributed by atoms with Crippen LogP contribution in [0.1, 0.15) is 33.1 Å². The van der Waals surface area contributed by atoms with E-state index < -0.39 is 0 Å². The van der Waals surface area contributed by atoms with Crippen molar-refractivity contribution in [3.8, 4) is 0 Å². The molecule has 0 radical (unpaired) electrons. The van der Waals surface area contributed by atoms with E-state index in [1.807, 2.05) is 0 Å². The first-order valence-corrected chi connectivity index (χ1v) is 5.47. The van der Waals surface area contributed by atoms with E-state index in [2.05, 4.69) is 28.9 Å². The van der Waals surface area contributed by atoms with Gasteiger partial charge < -0.3 is 15.1 Å². The molecular formula is C10H18N4O. The molecule has 0 aromatic carbocycles. The Labute approximate surface area is 89.6 Å². The third-order valence-electron chi connectivity index (χ3n) is 3.52. The Bertz CT molecular complexity index is 328. The number of rotatable bonds is 2. The van der Waals surface area contributed by atoms with Crippen LogP contribution in [0, 0.1) is 5.41 Å². The molecule has 0 amide bonds. The monoisotopic (exact) mass is 210 g/mol. The highest BCUT2D eigenvalue weighted by molar-refractivity contribution is 5.28. The fraction of sp³-hybridized carbons (Fsp3) is 0.800. The fourth-order valence-electron chi connectivity index (χ4n) is 1.95. The first-order valence-electron chi connectivity index (χ1n) is 5.47. The Hall–Kier alpha value is -1.26. The Morgan fingerprint density at radius 2 is 2.07 bits per heavy atom. The predicted molar refractivity (Wildman–Crippen MR) is 58.6 cm³/mol. The molecule has 0 bridgehead atoms. The molecule has 15 heavy (non-hydrogen) atoms. The summed E-state index contributed by atoms with van der Waals surface area (Å²) in [4.78, 5) is 2.11. The molecule has 0 saturated carbocycles. The summed E-state index contributed by atoms with van der Waals surface area (Å²) in [5.41, 5.74) is 5.87. The largest absolute Gasteiger partial charge is 0.390 e. The van der Waals surface area contributed by atoms with Crippen molar-refractivity contribution in [2.24, 2.45) is 5.41 Å². The number of nitrogens with two attached hydrogens (primary N) is 1. The van der Waals surface area contributed by atoms with E-state index in [0.717, 1.165) is 13.1 Å². The summed E-state index contributed by atoms with van der Waals surface area (Å²) >= 11 is 0. The second-order valence-electron chi connectivity index (χ2n) is 4.57. The summed E-state index contributed by atoms with van der Waals surface area (Å²) in [5.74, 6) is 0. The van der Waals surface area contributed by atoms with Crippen molar-refractivity contribution in [1.29, 1.82) is 0 Å². The molecule has 1 fully saturated rings. The third kappa shape index (κ3) is 2.06. The molecule has 0 aliphatic carbocycles. The zero-order valence-electron chi connectivity index (χ0n) is 9.36. The van der Waals surface area contributed by atoms with Crippen molar-refractivity contribution >= 4 is 12.0 Å². The van der Waals surface area contributed by atoms with Gasteiger partial charge in [0.25, 0.3) is 0 Å². The SMILES string of the molecule is CCC1(C)CCN(c2nnc(N)o2)CC1. The van der Waals surface area contributed by atoms with Gasteiger partial charge in [0.2, 0.25) is 0 Å². The van der Waals surface area contributed by atoms with Gasteiger partial charge in [0.05, 0.1) is 0 Å². The minimum Gasteiger partial charge on any atom is -0.390 e. The highest BCUT2D eigenvalue weighted by Gasteiger charge is 2.30. The van der Waals surface area contributed by atoms with Gasteiger partial charge in [-0.05, 0) is 18.3 Å². The quantitative estimate of drug-likeness (QED) is 0.804. The van der Waals surface area contributed by atoms with Crippen LogP contribution in [0.3, 0.4) is 0 Å². The number of anilines is 2. The minimum absolute atomic E-state index is 0.147. The Balaban J connectivity index is 1.99. The lowest BCUT2D eigenvalue weighted by Crippen LogP contribution is -2.38. The Morgan fingerprint density at radius 1 is 1.40 bits per heavy atom. The maximum Gasteiger partial charge on any atom is 0.319 e. The van der Waals surface area contributed by atoms with E-state index >= 15 is 0 Å². The van der Waals surface area contributed by atoms with Crippen LogP contribution in [0.25, 0.3) is 0 Å². The van der Waals surface area contributed by atoms with E-state index in [-0.39, 0.29) is 6.01 Å². The van der Waals surface area contributed by atoms with Gasteiger partial charge in [0.15, 0.2) is 0 Å². The van der Waals surface area contributed by atoms with Gasteiger partial charge in [-0.15, -0.1) is 0 Å². The average molecular weight is 210 g/mol. The summed E-state index contributed by atoms with van der Waals surface area (Å²) in [6.45, 7) is 6.55. The molecule has 1 aromatic rings. The molecule has 0 atom stereocenters. The lowest BCUT2D eigenvalue weighted by Gasteiger charge is -2.37. The van der Waals surface area contributed by atoms with Crippen LogP contribution in [0.5, 0.6) is 0 Å². The van der Waals surface area contributed by atoms with Crippen LogP contribution in [0.4, 0.5) is 12.0 Å². The van der Waals surface area contributed by atoms with Crippen LogP contribution in [0.15, 0.2) is 4.42 Å². The molecule has 1 aromatic heterocycles. The molecule has 1 aliphatic rings. The highest BCUT2D eigenvalue weighted by Crippen LogP contribution is 2.35. The Kier molecular flexibility index (Phi) is 2.54. The standard InChI is InChI=1S/C10H18N4O/c1-3-10(2)4-6-14(7-5-10)9-13-12-8(11)15-9/h3-7H2,1-2H3,(H2,11,12). The normalized spacial score (nSPS) is 20.5. The van der Waals surface area contributed by atoms with E-state index in [4.69, 9.17) is 10.2 Å². The molecule has 2 N–H and O–H groups in total. The second-order valence-corrected chi connectivity index (χ2v) is 4.57. The summed E-state index contributed by atoms with van der Waals surface area (Å²) < 4.78 is 5.21. The smallest absolute Gasteiger partial charge is 0.319 e. The second kappa shape index (κ2) is 3.72. The number of nitrogens with zero attached hydrogens (tertiary/aromatic N) is 3. The molecule has 0 spiro atoms. The molecule has 5 heteroatoms. The first-order chi connectivity index (χ1) is 7.13. The molecule has 0 unspecified atom stereocenters. The van der Waals surface area contributed by atoms with Gasteiger partial charge in [0.1, 0.15) is 0 Å². The zero-order chi connectivity index (χ0) is 10.9. The van der Waals surface area contributed by atoms with E-state index in [1.165, 1.54) is 19.3 Å². The molecule has 5 nitrogen and oxygen atoms in total. The lowest BCUT2D eigenvalue weighted by molar-refractivity contribution is 0.234. The summed E-state index contributed by atoms with van der Waals surface area (Å²) in [6.07, 6.45) is 3.57. The van der Waals surface area contributed by atoms with Crippen molar-refractivity contribution in [3.63, 3.8) is 0 Å². The Morgan fingerprint density at radius 3 is 2.53 bits per heavy atom. The minimum atomic E-state index is 0.147. The van der Waals surface area contributed by atoms with Gasteiger partial charge in [-0.1, -0.05) is 30.5 Å². The zero-order valence-corrected chi connectivity index (χ0v) is 9.36. The number of hydrogen-bond acceptors (Lipinski definition) is 5. The average Bonchev–Trinajstić information content (AvgIpc) is 2.66. The molecule has 1 aliphatic heterocycles. The fourth-order valence-corrected chi connectivity index (χ4v) is 1.95. The molecule has 2 heterocycles. The van der Waals surface area contributed by atoms with E-state index in [1.54, 1.807) is 0 Å². The topological polar surface area (TPSA) is 68.2 Å². The van der Waals surface area contributed by atoms with Gasteiger partial charge in [0, 0.05) is 13.1 Å².